The van der Waals surface area contributed by atoms with E-state index < -0.39 is 10.0 Å². The first-order chi connectivity index (χ1) is 16.4. The van der Waals surface area contributed by atoms with Crippen LogP contribution in [0.15, 0.2) is 82.6 Å². The van der Waals surface area contributed by atoms with Crippen molar-refractivity contribution in [1.29, 1.82) is 0 Å². The predicted octanol–water partition coefficient (Wildman–Crippen LogP) is 4.79. The second kappa shape index (κ2) is 10.8. The third kappa shape index (κ3) is 6.24. The Balaban J connectivity index is 1.38. The molecule has 3 aromatic rings. The first-order valence-electron chi connectivity index (χ1n) is 10.9. The molecule has 178 valence electrons. The third-order valence-corrected chi connectivity index (χ3v) is 7.39. The quantitative estimate of drug-likeness (QED) is 0.456. The molecule has 1 heterocycles. The van der Waals surface area contributed by atoms with Gasteiger partial charge in [-0.1, -0.05) is 42.1 Å². The van der Waals surface area contributed by atoms with E-state index in [-0.39, 0.29) is 18.9 Å². The van der Waals surface area contributed by atoms with E-state index in [1.807, 2.05) is 54.6 Å². The number of rotatable bonds is 9. The molecule has 4 rings (SSSR count). The highest BCUT2D eigenvalue weighted by atomic mass is 32.2. The normalized spacial score (nSPS) is 12.7. The molecule has 0 atom stereocenters. The van der Waals surface area contributed by atoms with Gasteiger partial charge in [0.1, 0.15) is 13.2 Å². The van der Waals surface area contributed by atoms with Crippen molar-refractivity contribution in [2.45, 2.75) is 22.6 Å². The van der Waals surface area contributed by atoms with E-state index in [9.17, 15) is 13.2 Å². The minimum Gasteiger partial charge on any atom is -0.486 e. The van der Waals surface area contributed by atoms with Crippen LogP contribution in [0, 0.1) is 0 Å². The first-order valence-corrected chi connectivity index (χ1v) is 13.6. The zero-order chi connectivity index (χ0) is 24.0. The molecule has 1 aliphatic heterocycles. The Morgan fingerprint density at radius 2 is 1.68 bits per heavy atom. The number of benzene rings is 3. The molecule has 9 heteroatoms. The Morgan fingerprint density at radius 3 is 2.44 bits per heavy atom. The van der Waals surface area contributed by atoms with Gasteiger partial charge in [-0.15, -0.1) is 0 Å². The third-order valence-electron chi connectivity index (χ3n) is 5.11. The number of sulfonamides is 1. The van der Waals surface area contributed by atoms with Crippen molar-refractivity contribution in [2.24, 2.45) is 0 Å². The highest BCUT2D eigenvalue weighted by Crippen LogP contribution is 2.35. The lowest BCUT2D eigenvalue weighted by atomic mass is 10.2. The summed E-state index contributed by atoms with van der Waals surface area (Å²) in [6.07, 6.45) is 1.70. The van der Waals surface area contributed by atoms with Gasteiger partial charge in [0.2, 0.25) is 15.9 Å². The summed E-state index contributed by atoms with van der Waals surface area (Å²) >= 11 is 1.57. The Morgan fingerprint density at radius 1 is 0.971 bits per heavy atom. The molecule has 7 nitrogen and oxygen atoms in total. The SMILES string of the molecule is CS(=O)(=O)N(CCCC(=O)Nc1ccccc1Sc1ccccc1)c1ccc2c(c1)OCCO2. The molecule has 0 radical (unpaired) electrons. The molecule has 1 amide bonds. The lowest BCUT2D eigenvalue weighted by Gasteiger charge is -2.25. The highest BCUT2D eigenvalue weighted by molar-refractivity contribution is 7.99. The minimum atomic E-state index is -3.54. The molecule has 0 unspecified atom stereocenters. The van der Waals surface area contributed by atoms with Crippen molar-refractivity contribution < 1.29 is 22.7 Å². The summed E-state index contributed by atoms with van der Waals surface area (Å²) in [6, 6.07) is 22.6. The van der Waals surface area contributed by atoms with Gasteiger partial charge in [0, 0.05) is 28.8 Å². The van der Waals surface area contributed by atoms with Gasteiger partial charge in [0.05, 0.1) is 17.6 Å². The van der Waals surface area contributed by atoms with Crippen LogP contribution in [0.1, 0.15) is 12.8 Å². The molecular formula is C25H26N2O5S2. The maximum absolute atomic E-state index is 12.7. The number of nitrogens with zero attached hydrogens (tertiary/aromatic N) is 1. The first kappa shape index (κ1) is 24.0. The molecule has 0 aromatic heterocycles. The number of hydrogen-bond donors (Lipinski definition) is 1. The van der Waals surface area contributed by atoms with Crippen LogP contribution < -0.4 is 19.1 Å². The number of nitrogens with one attached hydrogen (secondary N) is 1. The molecule has 0 spiro atoms. The maximum atomic E-state index is 12.7. The summed E-state index contributed by atoms with van der Waals surface area (Å²) in [6.45, 7) is 1.05. The number of carbonyl (C=O) groups is 1. The molecule has 0 bridgehead atoms. The molecule has 1 aliphatic rings. The average molecular weight is 499 g/mol. The fraction of sp³-hybridized carbons (Fsp3) is 0.240. The summed E-state index contributed by atoms with van der Waals surface area (Å²) in [5, 5.41) is 2.96. The number of carbonyl (C=O) groups excluding carboxylic acids is 1. The number of anilines is 2. The molecule has 0 saturated heterocycles. The average Bonchev–Trinajstić information content (AvgIpc) is 2.83. The molecule has 34 heavy (non-hydrogen) atoms. The van der Waals surface area contributed by atoms with Crippen molar-refractivity contribution in [3.63, 3.8) is 0 Å². The zero-order valence-corrected chi connectivity index (χ0v) is 20.4. The molecule has 0 saturated carbocycles. The molecule has 0 fully saturated rings. The predicted molar refractivity (Wildman–Crippen MR) is 134 cm³/mol. The van der Waals surface area contributed by atoms with Crippen LogP contribution in [-0.2, 0) is 14.8 Å². The van der Waals surface area contributed by atoms with Crippen LogP contribution in [0.25, 0.3) is 0 Å². The van der Waals surface area contributed by atoms with E-state index in [0.29, 0.717) is 36.8 Å². The lowest BCUT2D eigenvalue weighted by molar-refractivity contribution is -0.116. The minimum absolute atomic E-state index is 0.170. The van der Waals surface area contributed by atoms with Gasteiger partial charge in [-0.3, -0.25) is 9.10 Å². The van der Waals surface area contributed by atoms with E-state index in [1.165, 1.54) is 4.31 Å². The van der Waals surface area contributed by atoms with Crippen molar-refractivity contribution in [2.75, 3.05) is 35.6 Å². The van der Waals surface area contributed by atoms with Crippen LogP contribution in [0.5, 0.6) is 11.5 Å². The second-order valence-electron chi connectivity index (χ2n) is 7.73. The van der Waals surface area contributed by atoms with Crippen LogP contribution in [-0.4, -0.2) is 40.3 Å². The summed E-state index contributed by atoms with van der Waals surface area (Å²) in [5.74, 6) is 0.939. The van der Waals surface area contributed by atoms with Gasteiger partial charge in [0.25, 0.3) is 0 Å². The Labute approximate surface area is 204 Å². The number of fused-ring (bicyclic) bond motifs is 1. The van der Waals surface area contributed by atoms with E-state index in [1.54, 1.807) is 30.0 Å². The van der Waals surface area contributed by atoms with Gasteiger partial charge in [0.15, 0.2) is 11.5 Å². The number of para-hydroxylation sites is 1. The number of amides is 1. The van der Waals surface area contributed by atoms with E-state index in [2.05, 4.69) is 5.32 Å². The van der Waals surface area contributed by atoms with Crippen LogP contribution in [0.2, 0.25) is 0 Å². The molecule has 3 aromatic carbocycles. The van der Waals surface area contributed by atoms with Gasteiger partial charge in [-0.25, -0.2) is 8.42 Å². The van der Waals surface area contributed by atoms with Gasteiger partial charge in [-0.2, -0.15) is 0 Å². The smallest absolute Gasteiger partial charge is 0.232 e. The van der Waals surface area contributed by atoms with E-state index >= 15 is 0 Å². The van der Waals surface area contributed by atoms with E-state index in [0.717, 1.165) is 21.7 Å². The molecule has 0 aliphatic carbocycles. The van der Waals surface area contributed by atoms with Crippen LogP contribution in [0.4, 0.5) is 11.4 Å². The van der Waals surface area contributed by atoms with Crippen LogP contribution >= 0.6 is 11.8 Å². The van der Waals surface area contributed by atoms with Gasteiger partial charge in [-0.05, 0) is 42.8 Å². The summed E-state index contributed by atoms with van der Waals surface area (Å²) in [5.41, 5.74) is 1.21. The van der Waals surface area contributed by atoms with Gasteiger partial charge >= 0.3 is 0 Å². The topological polar surface area (TPSA) is 84.9 Å². The number of ether oxygens (including phenoxy) is 2. The van der Waals surface area contributed by atoms with E-state index in [4.69, 9.17) is 9.47 Å². The van der Waals surface area contributed by atoms with Gasteiger partial charge < -0.3 is 14.8 Å². The highest BCUT2D eigenvalue weighted by Gasteiger charge is 2.21. The van der Waals surface area contributed by atoms with Crippen molar-refractivity contribution in [3.05, 3.63) is 72.8 Å². The van der Waals surface area contributed by atoms with Crippen LogP contribution in [0.3, 0.4) is 0 Å². The summed E-state index contributed by atoms with van der Waals surface area (Å²) in [7, 11) is -3.54. The fourth-order valence-corrected chi connectivity index (χ4v) is 5.42. The maximum Gasteiger partial charge on any atom is 0.232 e. The Bertz CT molecular complexity index is 1250. The monoisotopic (exact) mass is 498 g/mol. The Kier molecular flexibility index (Phi) is 7.64. The van der Waals surface area contributed by atoms with Crippen molar-refractivity contribution >= 4 is 39.1 Å². The fourth-order valence-electron chi connectivity index (χ4n) is 3.54. The summed E-state index contributed by atoms with van der Waals surface area (Å²) < 4.78 is 37.3. The van der Waals surface area contributed by atoms with Crippen molar-refractivity contribution in [3.8, 4) is 11.5 Å². The lowest BCUT2D eigenvalue weighted by Crippen LogP contribution is -2.31. The standard InChI is InChI=1S/C25H26N2O5S2/c1-34(29,30)27(19-13-14-22-23(18-19)32-17-16-31-22)15-7-12-25(28)26-21-10-5-6-11-24(21)33-20-8-3-2-4-9-20/h2-6,8-11,13-14,18H,7,12,15-17H2,1H3,(H,26,28). The largest absolute Gasteiger partial charge is 0.486 e. The Hall–Kier alpha value is -3.17. The summed E-state index contributed by atoms with van der Waals surface area (Å²) in [4.78, 5) is 14.7. The molecule has 1 N–H and O–H groups in total. The van der Waals surface area contributed by atoms with Crippen molar-refractivity contribution in [1.82, 2.24) is 0 Å². The second-order valence-corrected chi connectivity index (χ2v) is 10.7. The molecular weight excluding hydrogens is 472 g/mol. The zero-order valence-electron chi connectivity index (χ0n) is 18.8. The number of hydrogen-bond acceptors (Lipinski definition) is 6.